The summed E-state index contributed by atoms with van der Waals surface area (Å²) < 4.78 is 25.1. The van der Waals surface area contributed by atoms with Crippen LogP contribution < -0.4 is 24.3 Å². The Morgan fingerprint density at radius 1 is 0.754 bits per heavy atom. The molecule has 0 bridgehead atoms. The van der Waals surface area contributed by atoms with Crippen molar-refractivity contribution in [2.75, 3.05) is 13.6 Å². The van der Waals surface area contributed by atoms with Gasteiger partial charge in [0, 0.05) is 90.1 Å². The van der Waals surface area contributed by atoms with Crippen molar-refractivity contribution in [1.29, 1.82) is 0 Å². The van der Waals surface area contributed by atoms with E-state index in [4.69, 9.17) is 42.1 Å². The number of nitrogens with zero attached hydrogens (tertiary/aromatic N) is 4. The molecule has 0 amide bonds. The Morgan fingerprint density at radius 2 is 1.29 bits per heavy atom. The number of hydrogen-bond donors (Lipinski definition) is 4. The smallest absolute Gasteiger partial charge is 0.323 e. The number of ether oxygens (including phenoxy) is 4. The van der Waals surface area contributed by atoms with Crippen LogP contribution in [0.2, 0.25) is 10.0 Å². The van der Waals surface area contributed by atoms with Gasteiger partial charge in [0.05, 0.1) is 35.0 Å². The van der Waals surface area contributed by atoms with Crippen molar-refractivity contribution in [2.45, 2.75) is 72.5 Å². The number of aliphatic hydroxyl groups excluding tert-OH is 2. The molecule has 13 nitrogen and oxygen atoms in total. The fraction of sp³-hybridized carbons (Fsp3) is 0.260. The van der Waals surface area contributed by atoms with Crippen LogP contribution in [0.3, 0.4) is 0 Å². The van der Waals surface area contributed by atoms with Crippen molar-refractivity contribution in [1.82, 2.24) is 15.3 Å². The molecule has 65 heavy (non-hydrogen) atoms. The van der Waals surface area contributed by atoms with Crippen molar-refractivity contribution in [3.63, 3.8) is 0 Å². The van der Waals surface area contributed by atoms with E-state index in [0.29, 0.717) is 50.7 Å². The van der Waals surface area contributed by atoms with Gasteiger partial charge < -0.3 is 34.3 Å². The maximum Gasteiger partial charge on any atom is 0.323 e. The number of aromatic nitrogens is 2. The Morgan fingerprint density at radius 3 is 1.83 bits per heavy atom. The molecule has 0 fully saturated rings. The first-order valence-electron chi connectivity index (χ1n) is 20.8. The summed E-state index contributed by atoms with van der Waals surface area (Å²) in [5.41, 5.74) is 11.5. The number of carboxylic acids is 1. The second-order valence-electron chi connectivity index (χ2n) is 15.6. The van der Waals surface area contributed by atoms with Crippen molar-refractivity contribution in [2.24, 2.45) is 9.98 Å². The number of benzene rings is 4. The lowest BCUT2D eigenvalue weighted by atomic mass is 9.92. The third kappa shape index (κ3) is 11.9. The highest BCUT2D eigenvalue weighted by atomic mass is 35.5. The molecule has 0 aliphatic carbocycles. The predicted octanol–water partition coefficient (Wildman–Crippen LogP) is 8.65. The fourth-order valence-corrected chi connectivity index (χ4v) is 7.72. The average molecular weight is 919 g/mol. The summed E-state index contributed by atoms with van der Waals surface area (Å²) in [6.07, 6.45) is 7.49. The molecule has 4 aromatic carbocycles. The lowest BCUT2D eigenvalue weighted by Gasteiger charge is -2.20. The molecule has 0 radical (unpaired) electrons. The van der Waals surface area contributed by atoms with E-state index in [-0.39, 0.29) is 39.6 Å². The number of hydrogen-bond acceptors (Lipinski definition) is 12. The van der Waals surface area contributed by atoms with Gasteiger partial charge in [0.2, 0.25) is 0 Å². The number of carbonyl (C=O) groups is 1. The quantitative estimate of drug-likeness (QED) is 0.0509. The maximum atomic E-state index is 11.8. The molecular formula is C50H49Cl2N5O8. The third-order valence-corrected chi connectivity index (χ3v) is 11.5. The zero-order chi connectivity index (χ0) is 46.0. The van der Waals surface area contributed by atoms with Crippen LogP contribution in [0.4, 0.5) is 0 Å². The minimum absolute atomic E-state index is 0.0544. The molecule has 2 atom stereocenters. The van der Waals surface area contributed by atoms with Gasteiger partial charge in [-0.25, -0.2) is 0 Å². The highest BCUT2D eigenvalue weighted by Crippen LogP contribution is 2.37. The lowest BCUT2D eigenvalue weighted by molar-refractivity contribution is -0.142. The summed E-state index contributed by atoms with van der Waals surface area (Å²) in [6, 6.07) is 21.5. The molecule has 336 valence electrons. The molecule has 6 aromatic rings. The molecule has 0 saturated carbocycles. The molecule has 1 aliphatic rings. The summed E-state index contributed by atoms with van der Waals surface area (Å²) in [5, 5.41) is 33.4. The SMILES string of the molecule is C/N=C/c1cncc(COc2cc(OCc3cccc(-c4cccc(COc5cc(OCc6cncc(C7=NC7)c6)c(CN[C@H](C(=O)O)[C@@H](C)O)cc5Cl)c4C)c3C)c(Cl)cc2CO)c1. The number of rotatable bonds is 21. The van der Waals surface area contributed by atoms with Crippen LogP contribution in [0.25, 0.3) is 11.1 Å². The molecule has 3 heterocycles. The van der Waals surface area contributed by atoms with E-state index in [1.54, 1.807) is 62.3 Å². The van der Waals surface area contributed by atoms with E-state index in [9.17, 15) is 20.1 Å². The number of nitrogens with one attached hydrogen (secondary N) is 1. The zero-order valence-electron chi connectivity index (χ0n) is 36.3. The zero-order valence-corrected chi connectivity index (χ0v) is 37.9. The number of aliphatic imine (C=N–C) groups is 2. The number of carboxylic acid groups (broad SMARTS) is 1. The molecule has 4 N–H and O–H groups in total. The highest BCUT2D eigenvalue weighted by Gasteiger charge is 2.24. The summed E-state index contributed by atoms with van der Waals surface area (Å²) in [4.78, 5) is 28.7. The second-order valence-corrected chi connectivity index (χ2v) is 16.4. The Labute approximate surface area is 387 Å². The first kappa shape index (κ1) is 46.6. The minimum Gasteiger partial charge on any atom is -0.488 e. The van der Waals surface area contributed by atoms with Gasteiger partial charge in [-0.3, -0.25) is 30.1 Å². The summed E-state index contributed by atoms with van der Waals surface area (Å²) in [5.74, 6) is 0.487. The van der Waals surface area contributed by atoms with E-state index < -0.39 is 18.1 Å². The lowest BCUT2D eigenvalue weighted by Crippen LogP contribution is -2.44. The Balaban J connectivity index is 1.07. The first-order chi connectivity index (χ1) is 31.4. The van der Waals surface area contributed by atoms with Crippen LogP contribution in [-0.4, -0.2) is 68.9 Å². The van der Waals surface area contributed by atoms with Gasteiger partial charge in [-0.15, -0.1) is 0 Å². The van der Waals surface area contributed by atoms with Crippen LogP contribution in [0.1, 0.15) is 62.6 Å². The molecule has 0 saturated heterocycles. The molecule has 2 aromatic heterocycles. The monoisotopic (exact) mass is 917 g/mol. The average Bonchev–Trinajstić information content (AvgIpc) is 4.15. The van der Waals surface area contributed by atoms with Gasteiger partial charge in [0.25, 0.3) is 0 Å². The molecule has 1 aliphatic heterocycles. The van der Waals surface area contributed by atoms with Crippen LogP contribution in [0, 0.1) is 13.8 Å². The maximum absolute atomic E-state index is 11.8. The topological polar surface area (TPSA) is 177 Å². The van der Waals surface area contributed by atoms with Gasteiger partial charge in [-0.1, -0.05) is 59.6 Å². The Hall–Kier alpha value is -6.35. The minimum atomic E-state index is -1.21. The number of pyridine rings is 2. The van der Waals surface area contributed by atoms with Crippen LogP contribution in [0.15, 0.2) is 108 Å². The molecule has 0 unspecified atom stereocenters. The number of aliphatic carboxylic acids is 1. The molecule has 0 spiro atoms. The van der Waals surface area contributed by atoms with Crippen molar-refractivity contribution < 1.29 is 39.1 Å². The van der Waals surface area contributed by atoms with E-state index in [2.05, 4.69) is 44.3 Å². The van der Waals surface area contributed by atoms with Gasteiger partial charge in [0.15, 0.2) is 0 Å². The van der Waals surface area contributed by atoms with Gasteiger partial charge >= 0.3 is 5.97 Å². The van der Waals surface area contributed by atoms with Gasteiger partial charge in [-0.2, -0.15) is 0 Å². The van der Waals surface area contributed by atoms with E-state index in [1.165, 1.54) is 6.92 Å². The van der Waals surface area contributed by atoms with Crippen LogP contribution in [-0.2, 0) is 44.4 Å². The summed E-state index contributed by atoms with van der Waals surface area (Å²) >= 11 is 13.5. The standard InChI is InChI=1S/C50H49Cl2N5O8/c1-29-35(27-64-47-15-45(62-26-34-12-37(21-55-20-34)44-23-56-44)38(13-42(47)51)22-57-49(31(3)59)50(60)61)7-5-9-40(29)41-10-6-8-36(30(41)2)28-65-48-16-46(39(24-58)14-43(48)52)63-25-33-11-32(17-53-4)18-54-19-33/h5-21,31,49,57-59H,22-28H2,1-4H3,(H,60,61)/b53-17+/t31-,49+/m1/s1. The fourth-order valence-electron chi connectivity index (χ4n) is 7.24. The van der Waals surface area contributed by atoms with E-state index >= 15 is 0 Å². The van der Waals surface area contributed by atoms with Crippen LogP contribution in [0.5, 0.6) is 23.0 Å². The Bertz CT molecular complexity index is 2740. The predicted molar refractivity (Wildman–Crippen MR) is 251 cm³/mol. The Kier molecular flexibility index (Phi) is 15.5. The molecule has 15 heteroatoms. The van der Waals surface area contributed by atoms with Gasteiger partial charge in [0.1, 0.15) is 55.5 Å². The van der Waals surface area contributed by atoms with Gasteiger partial charge in [-0.05, 0) is 78.4 Å². The highest BCUT2D eigenvalue weighted by molar-refractivity contribution is 6.32. The normalized spacial score (nSPS) is 13.0. The molecule has 7 rings (SSSR count). The van der Waals surface area contributed by atoms with E-state index in [0.717, 1.165) is 61.3 Å². The summed E-state index contributed by atoms with van der Waals surface area (Å²) in [6.45, 7) is 6.81. The van der Waals surface area contributed by atoms with Crippen molar-refractivity contribution in [3.05, 3.63) is 163 Å². The first-order valence-corrected chi connectivity index (χ1v) is 21.6. The second kappa shape index (κ2) is 21.6. The van der Waals surface area contributed by atoms with Crippen molar-refractivity contribution >= 4 is 41.1 Å². The van der Waals surface area contributed by atoms with Crippen molar-refractivity contribution in [3.8, 4) is 34.1 Å². The number of halogens is 2. The molecular weight excluding hydrogens is 869 g/mol. The van der Waals surface area contributed by atoms with E-state index in [1.807, 2.05) is 43.3 Å². The number of aliphatic hydroxyl groups is 2. The third-order valence-electron chi connectivity index (χ3n) is 10.9. The summed E-state index contributed by atoms with van der Waals surface area (Å²) in [7, 11) is 1.70. The van der Waals surface area contributed by atoms with Crippen LogP contribution >= 0.6 is 23.2 Å². The largest absolute Gasteiger partial charge is 0.488 e.